The van der Waals surface area contributed by atoms with Crippen molar-refractivity contribution in [1.82, 2.24) is 0 Å². The molecule has 0 fully saturated rings. The highest BCUT2D eigenvalue weighted by Crippen LogP contribution is 2.23. The van der Waals surface area contributed by atoms with E-state index in [-0.39, 0.29) is 35.2 Å². The molecule has 5 heteroatoms. The van der Waals surface area contributed by atoms with Crippen LogP contribution < -0.4 is 11.1 Å². The molecule has 0 saturated heterocycles. The SMILES string of the molecule is CC(C)(CN=C(N)Nc1ccccc1)c1ccc(F)cc1.I. The second-order valence-corrected chi connectivity index (χ2v) is 5.58. The molecule has 0 spiro atoms. The number of nitrogens with one attached hydrogen (secondary N) is 1. The van der Waals surface area contributed by atoms with Crippen molar-refractivity contribution in [3.8, 4) is 0 Å². The van der Waals surface area contributed by atoms with E-state index in [1.165, 1.54) is 12.1 Å². The monoisotopic (exact) mass is 413 g/mol. The molecule has 2 rings (SSSR count). The fourth-order valence-corrected chi connectivity index (χ4v) is 1.98. The Bertz CT molecular complexity index is 610. The van der Waals surface area contributed by atoms with E-state index >= 15 is 0 Å². The second kappa shape index (κ2) is 8.12. The third-order valence-electron chi connectivity index (χ3n) is 3.32. The molecule has 0 atom stereocenters. The number of nitrogens with two attached hydrogens (primary N) is 1. The molecule has 22 heavy (non-hydrogen) atoms. The van der Waals surface area contributed by atoms with Gasteiger partial charge >= 0.3 is 0 Å². The molecule has 0 saturated carbocycles. The number of benzene rings is 2. The van der Waals surface area contributed by atoms with Crippen LogP contribution in [0.5, 0.6) is 0 Å². The minimum atomic E-state index is -0.233. The van der Waals surface area contributed by atoms with Crippen LogP contribution in [0.3, 0.4) is 0 Å². The third-order valence-corrected chi connectivity index (χ3v) is 3.32. The fraction of sp³-hybridized carbons (Fsp3) is 0.235. The molecule has 118 valence electrons. The largest absolute Gasteiger partial charge is 0.370 e. The third kappa shape index (κ3) is 5.29. The maximum absolute atomic E-state index is 13.0. The van der Waals surface area contributed by atoms with Crippen LogP contribution in [0.2, 0.25) is 0 Å². The molecular formula is C17H21FIN3. The molecule has 0 aromatic heterocycles. The molecule has 2 aromatic rings. The van der Waals surface area contributed by atoms with Crippen LogP contribution in [0.1, 0.15) is 19.4 Å². The van der Waals surface area contributed by atoms with Crippen molar-refractivity contribution in [1.29, 1.82) is 0 Å². The molecule has 2 aromatic carbocycles. The lowest BCUT2D eigenvalue weighted by molar-refractivity contribution is 0.537. The van der Waals surface area contributed by atoms with Crippen LogP contribution in [-0.2, 0) is 5.41 Å². The van der Waals surface area contributed by atoms with E-state index < -0.39 is 0 Å². The first kappa shape index (κ1) is 18.4. The van der Waals surface area contributed by atoms with Crippen molar-refractivity contribution in [2.75, 3.05) is 11.9 Å². The topological polar surface area (TPSA) is 50.4 Å². The fourth-order valence-electron chi connectivity index (χ4n) is 1.98. The molecule has 0 radical (unpaired) electrons. The molecule has 0 bridgehead atoms. The molecule has 0 aliphatic heterocycles. The van der Waals surface area contributed by atoms with Gasteiger partial charge in [-0.1, -0.05) is 44.2 Å². The maximum atomic E-state index is 13.0. The van der Waals surface area contributed by atoms with E-state index in [9.17, 15) is 4.39 Å². The molecule has 0 aliphatic rings. The highest BCUT2D eigenvalue weighted by molar-refractivity contribution is 14.0. The molecule has 0 aliphatic carbocycles. The quantitative estimate of drug-likeness (QED) is 0.450. The van der Waals surface area contributed by atoms with Crippen molar-refractivity contribution in [2.45, 2.75) is 19.3 Å². The summed E-state index contributed by atoms with van der Waals surface area (Å²) >= 11 is 0. The Morgan fingerprint density at radius 1 is 1.09 bits per heavy atom. The zero-order valence-electron chi connectivity index (χ0n) is 12.7. The van der Waals surface area contributed by atoms with Gasteiger partial charge in [-0.25, -0.2) is 4.39 Å². The average Bonchev–Trinajstić information content (AvgIpc) is 2.47. The number of aliphatic imine (C=N–C) groups is 1. The van der Waals surface area contributed by atoms with Crippen molar-refractivity contribution >= 4 is 35.6 Å². The van der Waals surface area contributed by atoms with Gasteiger partial charge in [0, 0.05) is 11.1 Å². The lowest BCUT2D eigenvalue weighted by Gasteiger charge is -2.23. The molecule has 0 unspecified atom stereocenters. The highest BCUT2D eigenvalue weighted by Gasteiger charge is 2.20. The average molecular weight is 413 g/mol. The van der Waals surface area contributed by atoms with Gasteiger partial charge in [0.05, 0.1) is 6.54 Å². The van der Waals surface area contributed by atoms with E-state index in [1.54, 1.807) is 12.1 Å². The van der Waals surface area contributed by atoms with Gasteiger partial charge < -0.3 is 11.1 Å². The molecule has 0 heterocycles. The Labute approximate surface area is 147 Å². The maximum Gasteiger partial charge on any atom is 0.193 e. The van der Waals surface area contributed by atoms with Gasteiger partial charge in [0.15, 0.2) is 5.96 Å². The summed E-state index contributed by atoms with van der Waals surface area (Å²) in [4.78, 5) is 4.38. The van der Waals surface area contributed by atoms with Crippen LogP contribution in [0, 0.1) is 5.82 Å². The molecule has 0 amide bonds. The van der Waals surface area contributed by atoms with E-state index in [1.807, 2.05) is 30.3 Å². The lowest BCUT2D eigenvalue weighted by atomic mass is 9.85. The molecular weight excluding hydrogens is 392 g/mol. The smallest absolute Gasteiger partial charge is 0.193 e. The van der Waals surface area contributed by atoms with Crippen molar-refractivity contribution in [3.63, 3.8) is 0 Å². The number of nitrogens with zero attached hydrogens (tertiary/aromatic N) is 1. The Balaban J connectivity index is 0.00000242. The van der Waals surface area contributed by atoms with Crippen molar-refractivity contribution < 1.29 is 4.39 Å². The Hall–Kier alpha value is -1.63. The molecule has 3 nitrogen and oxygen atoms in total. The first-order valence-electron chi connectivity index (χ1n) is 6.85. The summed E-state index contributed by atoms with van der Waals surface area (Å²) in [5.74, 6) is 0.139. The Morgan fingerprint density at radius 2 is 1.68 bits per heavy atom. The predicted octanol–water partition coefficient (Wildman–Crippen LogP) is 4.15. The van der Waals surface area contributed by atoms with Crippen LogP contribution in [0.25, 0.3) is 0 Å². The number of anilines is 1. The Kier molecular flexibility index (Phi) is 6.80. The van der Waals surface area contributed by atoms with Gasteiger partial charge in [-0.3, -0.25) is 4.99 Å². The summed E-state index contributed by atoms with van der Waals surface area (Å²) in [5.41, 5.74) is 7.61. The summed E-state index contributed by atoms with van der Waals surface area (Å²) in [5, 5.41) is 3.04. The summed E-state index contributed by atoms with van der Waals surface area (Å²) < 4.78 is 13.0. The zero-order chi connectivity index (χ0) is 15.3. The van der Waals surface area contributed by atoms with E-state index in [2.05, 4.69) is 24.2 Å². The van der Waals surface area contributed by atoms with Gasteiger partial charge in [-0.2, -0.15) is 0 Å². The second-order valence-electron chi connectivity index (χ2n) is 5.58. The number of guanidine groups is 1. The zero-order valence-corrected chi connectivity index (χ0v) is 15.0. The van der Waals surface area contributed by atoms with Crippen molar-refractivity contribution in [3.05, 3.63) is 66.0 Å². The van der Waals surface area contributed by atoms with E-state index in [4.69, 9.17) is 5.73 Å². The number of rotatable bonds is 4. The van der Waals surface area contributed by atoms with Gasteiger partial charge in [-0.05, 0) is 29.8 Å². The van der Waals surface area contributed by atoms with Gasteiger partial charge in [0.25, 0.3) is 0 Å². The standard InChI is InChI=1S/C17H20FN3.HI/c1-17(2,13-8-10-14(18)11-9-13)12-20-16(19)21-15-6-4-3-5-7-15;/h3-11H,12H2,1-2H3,(H3,19,20,21);1H. The summed E-state index contributed by atoms with van der Waals surface area (Å²) in [6, 6.07) is 16.1. The number of hydrogen-bond donors (Lipinski definition) is 2. The number of halogens is 2. The summed E-state index contributed by atoms with van der Waals surface area (Å²) in [6.45, 7) is 4.63. The predicted molar refractivity (Wildman–Crippen MR) is 101 cm³/mol. The van der Waals surface area contributed by atoms with E-state index in [0.29, 0.717) is 12.5 Å². The number of para-hydroxylation sites is 1. The van der Waals surface area contributed by atoms with Gasteiger partial charge in [0.2, 0.25) is 0 Å². The van der Waals surface area contributed by atoms with Crippen LogP contribution >= 0.6 is 24.0 Å². The number of hydrogen-bond acceptors (Lipinski definition) is 1. The minimum absolute atomic E-state index is 0. The summed E-state index contributed by atoms with van der Waals surface area (Å²) in [6.07, 6.45) is 0. The lowest BCUT2D eigenvalue weighted by Crippen LogP contribution is -2.27. The Morgan fingerprint density at radius 3 is 2.27 bits per heavy atom. The normalized spacial score (nSPS) is 11.7. The highest BCUT2D eigenvalue weighted by atomic mass is 127. The van der Waals surface area contributed by atoms with Gasteiger partial charge in [0.1, 0.15) is 5.82 Å². The van der Waals surface area contributed by atoms with Crippen LogP contribution in [0.15, 0.2) is 59.6 Å². The molecule has 3 N–H and O–H groups in total. The first-order chi connectivity index (χ1) is 9.97. The summed E-state index contributed by atoms with van der Waals surface area (Å²) in [7, 11) is 0. The van der Waals surface area contributed by atoms with Crippen LogP contribution in [-0.4, -0.2) is 12.5 Å². The first-order valence-corrected chi connectivity index (χ1v) is 6.85. The van der Waals surface area contributed by atoms with Crippen molar-refractivity contribution in [2.24, 2.45) is 10.7 Å². The van der Waals surface area contributed by atoms with Crippen LogP contribution in [0.4, 0.5) is 10.1 Å². The van der Waals surface area contributed by atoms with Gasteiger partial charge in [-0.15, -0.1) is 24.0 Å². The van der Waals surface area contributed by atoms with E-state index in [0.717, 1.165) is 11.3 Å². The minimum Gasteiger partial charge on any atom is -0.370 e.